The summed E-state index contributed by atoms with van der Waals surface area (Å²) in [6.45, 7) is 1.32. The van der Waals surface area contributed by atoms with Gasteiger partial charge in [0.1, 0.15) is 17.2 Å². The van der Waals surface area contributed by atoms with E-state index in [0.717, 1.165) is 47.4 Å². The highest BCUT2D eigenvalue weighted by atomic mass is 16.5. The Hall–Kier alpha value is -3.67. The first-order valence-electron chi connectivity index (χ1n) is 10.9. The number of aromatic nitrogens is 2. The van der Waals surface area contributed by atoms with Crippen LogP contribution < -0.4 is 4.74 Å². The van der Waals surface area contributed by atoms with Crippen molar-refractivity contribution in [2.24, 2.45) is 0 Å². The lowest BCUT2D eigenvalue weighted by Gasteiger charge is -2.31. The van der Waals surface area contributed by atoms with E-state index in [1.54, 1.807) is 13.3 Å². The standard InChI is InChI=1S/C26H25N3O3/c1-31-21-11-8-18(9-12-21)15-22-16-27-25(32-22)20-6-4-14-29(17-20)26(30)24-13-10-19-5-2-3-7-23(19)28-24/h2-3,5,7-13,16,20H,4,6,14-15,17H2,1H3/t20-/m1/s1. The third-order valence-corrected chi connectivity index (χ3v) is 5.98. The van der Waals surface area contributed by atoms with E-state index in [2.05, 4.69) is 9.97 Å². The van der Waals surface area contributed by atoms with Crippen molar-refractivity contribution in [1.29, 1.82) is 0 Å². The van der Waals surface area contributed by atoms with E-state index >= 15 is 0 Å². The van der Waals surface area contributed by atoms with Crippen LogP contribution in [-0.2, 0) is 6.42 Å². The third-order valence-electron chi connectivity index (χ3n) is 5.98. The predicted octanol–water partition coefficient (Wildman–Crippen LogP) is 4.84. The second kappa shape index (κ2) is 8.83. The quantitative estimate of drug-likeness (QED) is 0.456. The molecule has 0 saturated carbocycles. The highest BCUT2D eigenvalue weighted by molar-refractivity contribution is 5.95. The zero-order valence-corrected chi connectivity index (χ0v) is 18.0. The molecule has 1 fully saturated rings. The van der Waals surface area contributed by atoms with Crippen molar-refractivity contribution in [2.45, 2.75) is 25.2 Å². The largest absolute Gasteiger partial charge is 0.497 e. The van der Waals surface area contributed by atoms with Crippen LogP contribution in [-0.4, -0.2) is 41.0 Å². The fourth-order valence-electron chi connectivity index (χ4n) is 4.25. The van der Waals surface area contributed by atoms with Gasteiger partial charge in [-0.1, -0.05) is 36.4 Å². The molecular weight excluding hydrogens is 402 g/mol. The van der Waals surface area contributed by atoms with Crippen LogP contribution in [0.3, 0.4) is 0 Å². The van der Waals surface area contributed by atoms with E-state index in [-0.39, 0.29) is 11.8 Å². The molecule has 6 nitrogen and oxygen atoms in total. The number of carbonyl (C=O) groups excluding carboxylic acids is 1. The molecule has 1 atom stereocenters. The molecular formula is C26H25N3O3. The summed E-state index contributed by atoms with van der Waals surface area (Å²) < 4.78 is 11.3. The molecule has 0 unspecified atom stereocenters. The number of carbonyl (C=O) groups is 1. The summed E-state index contributed by atoms with van der Waals surface area (Å²) in [5.41, 5.74) is 2.45. The highest BCUT2D eigenvalue weighted by Crippen LogP contribution is 2.28. The van der Waals surface area contributed by atoms with E-state index in [1.165, 1.54) is 0 Å². The summed E-state index contributed by atoms with van der Waals surface area (Å²) in [5, 5.41) is 1.03. The van der Waals surface area contributed by atoms with E-state index < -0.39 is 0 Å². The van der Waals surface area contributed by atoms with Crippen molar-refractivity contribution in [3.05, 3.63) is 89.8 Å². The lowest BCUT2D eigenvalue weighted by Crippen LogP contribution is -2.39. The van der Waals surface area contributed by atoms with Crippen LogP contribution in [0, 0.1) is 0 Å². The minimum absolute atomic E-state index is 0.0366. The van der Waals surface area contributed by atoms with E-state index in [0.29, 0.717) is 24.6 Å². The van der Waals surface area contributed by atoms with Crippen molar-refractivity contribution in [3.63, 3.8) is 0 Å². The van der Waals surface area contributed by atoms with Gasteiger partial charge in [-0.25, -0.2) is 9.97 Å². The van der Waals surface area contributed by atoms with Crippen LogP contribution in [0.5, 0.6) is 5.75 Å². The van der Waals surface area contributed by atoms with Crippen LogP contribution in [0.25, 0.3) is 10.9 Å². The number of hydrogen-bond donors (Lipinski definition) is 0. The SMILES string of the molecule is COc1ccc(Cc2cnc([C@@H]3CCCN(C(=O)c4ccc5ccccc5n4)C3)o2)cc1. The molecule has 1 saturated heterocycles. The maximum absolute atomic E-state index is 13.1. The number of hydrogen-bond acceptors (Lipinski definition) is 5. The van der Waals surface area contributed by atoms with Gasteiger partial charge in [-0.3, -0.25) is 4.79 Å². The molecule has 2 aromatic heterocycles. The summed E-state index contributed by atoms with van der Waals surface area (Å²) in [6.07, 6.45) is 4.34. The monoisotopic (exact) mass is 427 g/mol. The summed E-state index contributed by atoms with van der Waals surface area (Å²) in [6, 6.07) is 19.5. The zero-order chi connectivity index (χ0) is 21.9. The fraction of sp³-hybridized carbons (Fsp3) is 0.269. The number of oxazole rings is 1. The minimum atomic E-state index is -0.0366. The lowest BCUT2D eigenvalue weighted by molar-refractivity contribution is 0.0692. The van der Waals surface area contributed by atoms with Gasteiger partial charge in [-0.2, -0.15) is 0 Å². The van der Waals surface area contributed by atoms with Crippen LogP contribution >= 0.6 is 0 Å². The molecule has 3 heterocycles. The molecule has 1 aliphatic rings. The van der Waals surface area contributed by atoms with Crippen molar-refractivity contribution >= 4 is 16.8 Å². The Morgan fingerprint density at radius 2 is 1.97 bits per heavy atom. The Kier molecular flexibility index (Phi) is 5.58. The summed E-state index contributed by atoms with van der Waals surface area (Å²) >= 11 is 0. The summed E-state index contributed by atoms with van der Waals surface area (Å²) in [7, 11) is 1.66. The number of likely N-dealkylation sites (tertiary alicyclic amines) is 1. The zero-order valence-electron chi connectivity index (χ0n) is 18.0. The highest BCUT2D eigenvalue weighted by Gasteiger charge is 2.29. The predicted molar refractivity (Wildman–Crippen MR) is 122 cm³/mol. The van der Waals surface area contributed by atoms with Gasteiger partial charge in [-0.05, 0) is 42.7 Å². The van der Waals surface area contributed by atoms with Crippen LogP contribution in [0.4, 0.5) is 0 Å². The topological polar surface area (TPSA) is 68.5 Å². The Morgan fingerprint density at radius 1 is 1.12 bits per heavy atom. The minimum Gasteiger partial charge on any atom is -0.497 e. The van der Waals surface area contributed by atoms with Gasteiger partial charge in [0.25, 0.3) is 5.91 Å². The number of pyridine rings is 1. The maximum atomic E-state index is 13.1. The number of amides is 1. The number of para-hydroxylation sites is 1. The van der Waals surface area contributed by atoms with Gasteiger partial charge < -0.3 is 14.1 Å². The van der Waals surface area contributed by atoms with E-state index in [1.807, 2.05) is 65.6 Å². The molecule has 0 radical (unpaired) electrons. The number of nitrogens with zero attached hydrogens (tertiary/aromatic N) is 3. The van der Waals surface area contributed by atoms with Crippen LogP contribution in [0.2, 0.25) is 0 Å². The number of benzene rings is 2. The molecule has 1 amide bonds. The Balaban J connectivity index is 1.27. The number of rotatable bonds is 5. The Bertz CT molecular complexity index is 1230. The van der Waals surface area contributed by atoms with Gasteiger partial charge >= 0.3 is 0 Å². The molecule has 4 aromatic rings. The summed E-state index contributed by atoms with van der Waals surface area (Å²) in [4.78, 5) is 24.1. The van der Waals surface area contributed by atoms with Gasteiger partial charge in [0.2, 0.25) is 0 Å². The van der Waals surface area contributed by atoms with Crippen LogP contribution in [0.15, 0.2) is 71.3 Å². The Labute approximate surface area is 186 Å². The normalized spacial score (nSPS) is 16.3. The second-order valence-corrected chi connectivity index (χ2v) is 8.17. The number of ether oxygens (including phenoxy) is 1. The van der Waals surface area contributed by atoms with Crippen LogP contribution in [0.1, 0.15) is 46.5 Å². The lowest BCUT2D eigenvalue weighted by atomic mass is 9.97. The first-order valence-corrected chi connectivity index (χ1v) is 10.9. The first-order chi connectivity index (χ1) is 15.7. The molecule has 5 rings (SSSR count). The second-order valence-electron chi connectivity index (χ2n) is 8.17. The van der Waals surface area contributed by atoms with E-state index in [9.17, 15) is 4.79 Å². The van der Waals surface area contributed by atoms with Gasteiger partial charge in [0, 0.05) is 24.9 Å². The first kappa shape index (κ1) is 20.2. The Morgan fingerprint density at radius 3 is 2.81 bits per heavy atom. The molecule has 1 aliphatic heterocycles. The number of piperidine rings is 1. The number of methoxy groups -OCH3 is 1. The van der Waals surface area contributed by atoms with Crippen molar-refractivity contribution in [3.8, 4) is 5.75 Å². The third kappa shape index (κ3) is 4.21. The average molecular weight is 428 g/mol. The van der Waals surface area contributed by atoms with Gasteiger partial charge in [0.05, 0.1) is 24.7 Å². The van der Waals surface area contributed by atoms with E-state index in [4.69, 9.17) is 9.15 Å². The smallest absolute Gasteiger partial charge is 0.272 e. The van der Waals surface area contributed by atoms with Crippen molar-refractivity contribution < 1.29 is 13.9 Å². The maximum Gasteiger partial charge on any atom is 0.272 e. The fourth-order valence-corrected chi connectivity index (χ4v) is 4.25. The molecule has 0 N–H and O–H groups in total. The molecule has 6 heteroatoms. The van der Waals surface area contributed by atoms with Crippen molar-refractivity contribution in [1.82, 2.24) is 14.9 Å². The van der Waals surface area contributed by atoms with Gasteiger partial charge in [-0.15, -0.1) is 0 Å². The number of fused-ring (bicyclic) bond motifs is 1. The molecule has 2 aromatic carbocycles. The molecule has 0 spiro atoms. The molecule has 0 aliphatic carbocycles. The molecule has 162 valence electrons. The van der Waals surface area contributed by atoms with Crippen molar-refractivity contribution in [2.75, 3.05) is 20.2 Å². The van der Waals surface area contributed by atoms with Gasteiger partial charge in [0.15, 0.2) is 5.89 Å². The average Bonchev–Trinajstić information content (AvgIpc) is 3.32. The molecule has 0 bridgehead atoms. The summed E-state index contributed by atoms with van der Waals surface area (Å²) in [5.74, 6) is 2.42. The molecule has 32 heavy (non-hydrogen) atoms.